The monoisotopic (exact) mass is 652 g/mol. The third-order valence-corrected chi connectivity index (χ3v) is 14.5. The van der Waals surface area contributed by atoms with Gasteiger partial charge >= 0.3 is 0 Å². The number of nitriles is 2. The molecule has 1 heterocycles. The topological polar surface area (TPSA) is 56.9 Å². The van der Waals surface area contributed by atoms with E-state index in [4.69, 9.17) is 6.57 Å². The van der Waals surface area contributed by atoms with Crippen molar-refractivity contribution in [1.82, 2.24) is 4.57 Å². The summed E-state index contributed by atoms with van der Waals surface area (Å²) in [5.41, 5.74) is 5.96. The second kappa shape index (κ2) is 12.6. The number of hydrogen-bond acceptors (Lipinski definition) is 2. The molecule has 0 aliphatic carbocycles. The van der Waals surface area contributed by atoms with Gasteiger partial charge in [-0.2, -0.15) is 10.5 Å². The Kier molecular flexibility index (Phi) is 7.63. The molecule has 0 aliphatic heterocycles. The van der Waals surface area contributed by atoms with Gasteiger partial charge in [-0.3, -0.25) is 0 Å². The van der Waals surface area contributed by atoms with Crippen LogP contribution in [0.5, 0.6) is 0 Å². The van der Waals surface area contributed by atoms with Crippen LogP contribution < -0.4 is 20.7 Å². The highest BCUT2D eigenvalue weighted by atomic mass is 28.3. The first-order valence-electron chi connectivity index (χ1n) is 16.3. The van der Waals surface area contributed by atoms with Crippen molar-refractivity contribution in [3.05, 3.63) is 192 Å². The second-order valence-electron chi connectivity index (χ2n) is 12.2. The molecule has 0 fully saturated rings. The Morgan fingerprint density at radius 2 is 1.04 bits per heavy atom. The predicted molar refractivity (Wildman–Crippen MR) is 206 cm³/mol. The molecule has 0 atom stereocenters. The minimum atomic E-state index is -3.05. The highest BCUT2D eigenvalue weighted by Crippen LogP contribution is 2.41. The lowest BCUT2D eigenvalue weighted by molar-refractivity contribution is 1.19. The van der Waals surface area contributed by atoms with Crippen molar-refractivity contribution >= 4 is 56.3 Å². The first-order valence-corrected chi connectivity index (χ1v) is 18.3. The lowest BCUT2D eigenvalue weighted by atomic mass is 10.00. The average molecular weight is 653 g/mol. The van der Waals surface area contributed by atoms with Crippen LogP contribution in [0.1, 0.15) is 11.1 Å². The Hall–Kier alpha value is -6.97. The third kappa shape index (κ3) is 4.72. The minimum Gasteiger partial charge on any atom is -0.318 e. The normalized spacial score (nSPS) is 11.1. The molecule has 0 saturated heterocycles. The van der Waals surface area contributed by atoms with Crippen LogP contribution in [-0.4, -0.2) is 12.6 Å². The Balaban J connectivity index is 1.56. The summed E-state index contributed by atoms with van der Waals surface area (Å²) in [7, 11) is -3.05. The van der Waals surface area contributed by atoms with E-state index in [1.54, 1.807) is 0 Å². The molecule has 1 aromatic heterocycles. The van der Waals surface area contributed by atoms with Crippen molar-refractivity contribution in [3.63, 3.8) is 0 Å². The van der Waals surface area contributed by atoms with Crippen LogP contribution in [0.3, 0.4) is 0 Å². The fourth-order valence-corrected chi connectivity index (χ4v) is 12.5. The van der Waals surface area contributed by atoms with E-state index >= 15 is 0 Å². The molecular weight excluding hydrogens is 625 g/mol. The molecule has 8 aromatic rings. The van der Waals surface area contributed by atoms with Crippen molar-refractivity contribution in [2.75, 3.05) is 0 Å². The summed E-state index contributed by atoms with van der Waals surface area (Å²) in [5, 5.41) is 26.8. The number of hydrogen-bond donors (Lipinski definition) is 0. The van der Waals surface area contributed by atoms with Crippen LogP contribution in [0, 0.1) is 29.2 Å². The molecule has 4 nitrogen and oxygen atoms in total. The number of fused-ring (bicyclic) bond motifs is 3. The van der Waals surface area contributed by atoms with Gasteiger partial charge in [-0.15, -0.1) is 0 Å². The molecule has 0 amide bonds. The first kappa shape index (κ1) is 30.4. The summed E-state index contributed by atoms with van der Waals surface area (Å²) in [6.45, 7) is 8.41. The Bertz CT molecular complexity index is 2580. The second-order valence-corrected chi connectivity index (χ2v) is 16.0. The predicted octanol–water partition coefficient (Wildman–Crippen LogP) is 8.12. The van der Waals surface area contributed by atoms with Crippen LogP contribution >= 0.6 is 0 Å². The quantitative estimate of drug-likeness (QED) is 0.104. The Labute approximate surface area is 291 Å². The van der Waals surface area contributed by atoms with Crippen LogP contribution in [0.25, 0.3) is 43.5 Å². The maximum absolute atomic E-state index is 10.3. The van der Waals surface area contributed by atoms with Gasteiger partial charge in [0.05, 0.1) is 46.6 Å². The molecule has 0 unspecified atom stereocenters. The van der Waals surface area contributed by atoms with Crippen LogP contribution in [0.15, 0.2) is 170 Å². The molecule has 50 heavy (non-hydrogen) atoms. The van der Waals surface area contributed by atoms with Gasteiger partial charge in [0.25, 0.3) is 0 Å². The van der Waals surface area contributed by atoms with Crippen LogP contribution in [0.4, 0.5) is 5.69 Å². The lowest BCUT2D eigenvalue weighted by Crippen LogP contribution is -2.75. The van der Waals surface area contributed by atoms with Gasteiger partial charge in [-0.1, -0.05) is 133 Å². The molecule has 0 spiro atoms. The van der Waals surface area contributed by atoms with Gasteiger partial charge in [0.15, 0.2) is 8.07 Å². The number of rotatable bonds is 6. The van der Waals surface area contributed by atoms with E-state index in [9.17, 15) is 10.5 Å². The number of nitrogens with zero attached hydrogens (tertiary/aromatic N) is 4. The summed E-state index contributed by atoms with van der Waals surface area (Å²) < 4.78 is 2.16. The van der Waals surface area contributed by atoms with Crippen molar-refractivity contribution in [3.8, 4) is 29.0 Å². The summed E-state index contributed by atoms with van der Waals surface area (Å²) >= 11 is 0. The minimum absolute atomic E-state index is 0.495. The molecule has 0 radical (unpaired) electrons. The highest BCUT2D eigenvalue weighted by molar-refractivity contribution is 7.20. The van der Waals surface area contributed by atoms with Crippen molar-refractivity contribution < 1.29 is 0 Å². The van der Waals surface area contributed by atoms with Gasteiger partial charge in [0, 0.05) is 10.8 Å². The standard InChI is InChI=1S/C45H28N4Si/c1-48-41-22-13-21-38(45(41)49-42-23-12-11-20-37(42)39-28-32(30-46)24-26-43(39)49)40-29-33(31-47)25-27-44(40)50(34-14-5-2-6-15-34,35-16-7-3-8-17-35)36-18-9-4-10-19-36/h2-29H. The molecule has 232 valence electrons. The molecule has 0 N–H and O–H groups in total. The smallest absolute Gasteiger partial charge is 0.211 e. The zero-order chi connectivity index (χ0) is 34.1. The molecule has 5 heteroatoms. The zero-order valence-electron chi connectivity index (χ0n) is 27.0. The molecule has 8 rings (SSSR count). The fourth-order valence-electron chi connectivity index (χ4n) is 7.55. The van der Waals surface area contributed by atoms with E-state index in [2.05, 4.69) is 137 Å². The summed E-state index contributed by atoms with van der Waals surface area (Å²) in [6.07, 6.45) is 0. The molecule has 7 aromatic carbocycles. The third-order valence-electron chi connectivity index (χ3n) is 9.62. The van der Waals surface area contributed by atoms with Crippen LogP contribution in [0.2, 0.25) is 0 Å². The van der Waals surface area contributed by atoms with E-state index in [1.165, 1.54) is 15.6 Å². The molecule has 0 bridgehead atoms. The highest BCUT2D eigenvalue weighted by Gasteiger charge is 2.43. The SMILES string of the molecule is [C-]#[N+]c1cccc(-c2cc(C#N)ccc2[Si](c2ccccc2)(c2ccccc2)c2ccccc2)c1-n1c2ccccc2c2cc(C#N)ccc21. The van der Waals surface area contributed by atoms with Crippen molar-refractivity contribution in [1.29, 1.82) is 10.5 Å². The lowest BCUT2D eigenvalue weighted by Gasteiger charge is -2.36. The van der Waals surface area contributed by atoms with Gasteiger partial charge in [-0.05, 0) is 68.3 Å². The summed E-state index contributed by atoms with van der Waals surface area (Å²) in [4.78, 5) is 4.09. The van der Waals surface area contributed by atoms with Gasteiger partial charge < -0.3 is 4.57 Å². The Morgan fingerprint density at radius 3 is 1.64 bits per heavy atom. The van der Waals surface area contributed by atoms with E-state index in [0.717, 1.165) is 43.8 Å². The van der Waals surface area contributed by atoms with E-state index in [1.807, 2.05) is 54.6 Å². The van der Waals surface area contributed by atoms with E-state index in [-0.39, 0.29) is 0 Å². The maximum atomic E-state index is 10.3. The number of para-hydroxylation sites is 2. The fraction of sp³-hybridized carbons (Fsp3) is 0. The first-order chi connectivity index (χ1) is 24.7. The summed E-state index contributed by atoms with van der Waals surface area (Å²) in [6, 6.07) is 62.6. The van der Waals surface area contributed by atoms with Gasteiger partial charge in [-0.25, -0.2) is 4.85 Å². The maximum Gasteiger partial charge on any atom is 0.211 e. The van der Waals surface area contributed by atoms with Gasteiger partial charge in [0.2, 0.25) is 5.69 Å². The number of benzene rings is 7. The zero-order valence-corrected chi connectivity index (χ0v) is 28.0. The van der Waals surface area contributed by atoms with Crippen LogP contribution in [-0.2, 0) is 0 Å². The number of aromatic nitrogens is 1. The largest absolute Gasteiger partial charge is 0.318 e. The Morgan fingerprint density at radius 1 is 0.500 bits per heavy atom. The van der Waals surface area contributed by atoms with Crippen molar-refractivity contribution in [2.45, 2.75) is 0 Å². The summed E-state index contributed by atoms with van der Waals surface area (Å²) in [5.74, 6) is 0. The molecular formula is C45H28N4Si. The van der Waals surface area contributed by atoms with E-state index in [0.29, 0.717) is 16.8 Å². The van der Waals surface area contributed by atoms with E-state index < -0.39 is 8.07 Å². The average Bonchev–Trinajstić information content (AvgIpc) is 3.52. The molecule has 0 aliphatic rings. The van der Waals surface area contributed by atoms with Crippen molar-refractivity contribution in [2.24, 2.45) is 0 Å². The molecule has 0 saturated carbocycles. The van der Waals surface area contributed by atoms with Gasteiger partial charge in [0.1, 0.15) is 0 Å².